The van der Waals surface area contributed by atoms with Crippen LogP contribution in [-0.2, 0) is 4.79 Å². The molecule has 7 heteroatoms. The Labute approximate surface area is 87.6 Å². The first-order valence-corrected chi connectivity index (χ1v) is 4.28. The zero-order valence-electron chi connectivity index (χ0n) is 7.89. The topological polar surface area (TPSA) is 43.1 Å². The van der Waals surface area contributed by atoms with E-state index in [4.69, 9.17) is 5.73 Å². The summed E-state index contributed by atoms with van der Waals surface area (Å²) in [5.41, 5.74) is 3.54. The van der Waals surface area contributed by atoms with E-state index in [1.165, 1.54) is 0 Å². The highest BCUT2D eigenvalue weighted by molar-refractivity contribution is 5.92. The molecule has 1 aliphatic rings. The maximum absolute atomic E-state index is 12.3. The minimum Gasteiger partial charge on any atom is -0.366 e. The number of rotatable bonds is 2. The molecule has 0 saturated carbocycles. The van der Waals surface area contributed by atoms with Crippen molar-refractivity contribution in [3.05, 3.63) is 23.3 Å². The maximum Gasteiger partial charge on any atom is 0.395 e. The van der Waals surface area contributed by atoms with Crippen LogP contribution in [0.3, 0.4) is 0 Å². The van der Waals surface area contributed by atoms with Gasteiger partial charge in [-0.05, 0) is 12.5 Å². The zero-order valence-corrected chi connectivity index (χ0v) is 7.89. The second-order valence-corrected chi connectivity index (χ2v) is 3.35. The Morgan fingerprint density at radius 3 is 2.38 bits per heavy atom. The first-order valence-electron chi connectivity index (χ1n) is 4.28. The molecule has 0 aromatic rings. The molecule has 0 aliphatic heterocycles. The molecule has 0 spiro atoms. The third-order valence-corrected chi connectivity index (χ3v) is 2.16. The van der Waals surface area contributed by atoms with Crippen molar-refractivity contribution in [1.29, 1.82) is 0 Å². The van der Waals surface area contributed by atoms with Crippen LogP contribution in [0.1, 0.15) is 6.42 Å². The largest absolute Gasteiger partial charge is 0.395 e. The highest BCUT2D eigenvalue weighted by Gasteiger charge is 2.41. The second kappa shape index (κ2) is 4.23. The molecule has 0 bridgehead atoms. The fourth-order valence-corrected chi connectivity index (χ4v) is 1.35. The molecule has 0 aromatic heterocycles. The lowest BCUT2D eigenvalue weighted by Crippen LogP contribution is -2.28. The standard InChI is InChI=1S/C9H8F5NO/c10-7(11)4-1-5(8(15)16)3-6(2-4)9(12,13)14/h1-2,6-7H,3H2,(H2,15,16). The number of nitrogens with two attached hydrogens (primary N) is 1. The number of alkyl halides is 5. The predicted molar refractivity (Wildman–Crippen MR) is 45.5 cm³/mol. The van der Waals surface area contributed by atoms with Gasteiger partial charge in [0.2, 0.25) is 5.91 Å². The van der Waals surface area contributed by atoms with Crippen molar-refractivity contribution in [2.75, 3.05) is 0 Å². The quantitative estimate of drug-likeness (QED) is 0.740. The van der Waals surface area contributed by atoms with E-state index in [9.17, 15) is 26.7 Å². The van der Waals surface area contributed by atoms with Gasteiger partial charge in [-0.25, -0.2) is 8.78 Å². The van der Waals surface area contributed by atoms with Crippen LogP contribution in [0, 0.1) is 5.92 Å². The first kappa shape index (κ1) is 12.7. The van der Waals surface area contributed by atoms with Gasteiger partial charge < -0.3 is 5.73 Å². The van der Waals surface area contributed by atoms with Gasteiger partial charge in [0, 0.05) is 11.1 Å². The lowest BCUT2D eigenvalue weighted by molar-refractivity contribution is -0.161. The Morgan fingerprint density at radius 2 is 2.00 bits per heavy atom. The summed E-state index contributed by atoms with van der Waals surface area (Å²) in [7, 11) is 0. The van der Waals surface area contributed by atoms with Crippen molar-refractivity contribution in [1.82, 2.24) is 0 Å². The summed E-state index contributed by atoms with van der Waals surface area (Å²) in [6, 6.07) is 0. The summed E-state index contributed by atoms with van der Waals surface area (Å²) in [6.45, 7) is 0. The SMILES string of the molecule is NC(=O)C1=CC(C(F)F)=CC(C(F)(F)F)C1. The smallest absolute Gasteiger partial charge is 0.366 e. The van der Waals surface area contributed by atoms with Gasteiger partial charge in [0.15, 0.2) is 0 Å². The molecule has 1 atom stereocenters. The molecule has 0 aromatic carbocycles. The van der Waals surface area contributed by atoms with Gasteiger partial charge >= 0.3 is 6.18 Å². The predicted octanol–water partition coefficient (Wildman–Crippen LogP) is 2.17. The molecule has 2 nitrogen and oxygen atoms in total. The van der Waals surface area contributed by atoms with Gasteiger partial charge in [0.1, 0.15) is 0 Å². The van der Waals surface area contributed by atoms with Crippen LogP contribution in [0.5, 0.6) is 0 Å². The Bertz CT molecular complexity index is 355. The van der Waals surface area contributed by atoms with E-state index in [0.717, 1.165) is 6.08 Å². The normalized spacial score (nSPS) is 21.8. The second-order valence-electron chi connectivity index (χ2n) is 3.35. The number of amides is 1. The maximum atomic E-state index is 12.3. The zero-order chi connectivity index (χ0) is 12.5. The highest BCUT2D eigenvalue weighted by atomic mass is 19.4. The van der Waals surface area contributed by atoms with Crippen LogP contribution in [0.15, 0.2) is 23.3 Å². The number of primary amides is 1. The Hall–Kier alpha value is -1.40. The van der Waals surface area contributed by atoms with Crippen LogP contribution in [-0.4, -0.2) is 18.5 Å². The van der Waals surface area contributed by atoms with E-state index in [1.807, 2.05) is 0 Å². The van der Waals surface area contributed by atoms with Crippen molar-refractivity contribution in [3.8, 4) is 0 Å². The third kappa shape index (κ3) is 2.80. The van der Waals surface area contributed by atoms with Crippen molar-refractivity contribution in [2.45, 2.75) is 19.0 Å². The van der Waals surface area contributed by atoms with Gasteiger partial charge in [0.05, 0.1) is 5.92 Å². The summed E-state index contributed by atoms with van der Waals surface area (Å²) < 4.78 is 61.6. The number of carbonyl (C=O) groups is 1. The van der Waals surface area contributed by atoms with Crippen LogP contribution < -0.4 is 5.73 Å². The monoisotopic (exact) mass is 241 g/mol. The van der Waals surface area contributed by atoms with E-state index in [2.05, 4.69) is 0 Å². The number of hydrogen-bond acceptors (Lipinski definition) is 1. The van der Waals surface area contributed by atoms with Gasteiger partial charge in [-0.3, -0.25) is 4.79 Å². The summed E-state index contributed by atoms with van der Waals surface area (Å²) >= 11 is 0. The average molecular weight is 241 g/mol. The van der Waals surface area contributed by atoms with Gasteiger partial charge in [-0.2, -0.15) is 13.2 Å². The van der Waals surface area contributed by atoms with Crippen LogP contribution in [0.4, 0.5) is 22.0 Å². The number of hydrogen-bond donors (Lipinski definition) is 1. The average Bonchev–Trinajstić information content (AvgIpc) is 2.15. The molecule has 1 rings (SSSR count). The van der Waals surface area contributed by atoms with Gasteiger partial charge in [-0.15, -0.1) is 0 Å². The third-order valence-electron chi connectivity index (χ3n) is 2.16. The number of halogens is 5. The van der Waals surface area contributed by atoms with Gasteiger partial charge in [0.25, 0.3) is 6.43 Å². The fraction of sp³-hybridized carbons (Fsp3) is 0.444. The summed E-state index contributed by atoms with van der Waals surface area (Å²) in [6.07, 6.45) is -7.25. The molecule has 2 N–H and O–H groups in total. The first-order chi connectivity index (χ1) is 7.21. The van der Waals surface area contributed by atoms with Gasteiger partial charge in [-0.1, -0.05) is 6.08 Å². The van der Waals surface area contributed by atoms with E-state index < -0.39 is 42.0 Å². The highest BCUT2D eigenvalue weighted by Crippen LogP contribution is 2.37. The van der Waals surface area contributed by atoms with Crippen molar-refractivity contribution < 1.29 is 26.7 Å². The fourth-order valence-electron chi connectivity index (χ4n) is 1.35. The molecule has 16 heavy (non-hydrogen) atoms. The lowest BCUT2D eigenvalue weighted by atomic mass is 9.89. The molecule has 0 fully saturated rings. The molecular formula is C9H8F5NO. The van der Waals surface area contributed by atoms with Crippen LogP contribution in [0.25, 0.3) is 0 Å². The molecule has 90 valence electrons. The Kier molecular flexibility index (Phi) is 3.35. The van der Waals surface area contributed by atoms with Crippen molar-refractivity contribution in [2.24, 2.45) is 11.7 Å². The summed E-state index contributed by atoms with van der Waals surface area (Å²) in [5, 5.41) is 0. The molecule has 1 aliphatic carbocycles. The summed E-state index contributed by atoms with van der Waals surface area (Å²) in [4.78, 5) is 10.7. The van der Waals surface area contributed by atoms with Crippen LogP contribution >= 0.6 is 0 Å². The van der Waals surface area contributed by atoms with Crippen molar-refractivity contribution >= 4 is 5.91 Å². The lowest BCUT2D eigenvalue weighted by Gasteiger charge is -2.22. The van der Waals surface area contributed by atoms with E-state index in [0.29, 0.717) is 6.08 Å². The minimum absolute atomic E-state index is 0.428. The number of allylic oxidation sites excluding steroid dienone is 3. The van der Waals surface area contributed by atoms with Crippen molar-refractivity contribution in [3.63, 3.8) is 0 Å². The molecule has 0 heterocycles. The van der Waals surface area contributed by atoms with E-state index in [1.54, 1.807) is 0 Å². The summed E-state index contributed by atoms with van der Waals surface area (Å²) in [5.74, 6) is -3.19. The Morgan fingerprint density at radius 1 is 1.44 bits per heavy atom. The van der Waals surface area contributed by atoms with E-state index in [-0.39, 0.29) is 0 Å². The van der Waals surface area contributed by atoms with Crippen LogP contribution in [0.2, 0.25) is 0 Å². The molecule has 1 unspecified atom stereocenters. The Balaban J connectivity index is 3.05. The minimum atomic E-state index is -4.66. The molecule has 1 amide bonds. The molecule has 0 saturated heterocycles. The number of carbonyl (C=O) groups excluding carboxylic acids is 1. The molecule has 0 radical (unpaired) electrons. The molecular weight excluding hydrogens is 233 g/mol. The van der Waals surface area contributed by atoms with E-state index >= 15 is 0 Å².